The highest BCUT2D eigenvalue weighted by Crippen LogP contribution is 2.36. The van der Waals surface area contributed by atoms with Crippen molar-refractivity contribution in [2.24, 2.45) is 0 Å². The third-order valence-electron chi connectivity index (χ3n) is 5.25. The number of benzene rings is 2. The van der Waals surface area contributed by atoms with Crippen LogP contribution in [0.1, 0.15) is 49.3 Å². The molecule has 1 aromatic heterocycles. The van der Waals surface area contributed by atoms with Gasteiger partial charge in [0.05, 0.1) is 0 Å². The molecule has 0 aliphatic heterocycles. The maximum Gasteiger partial charge on any atom is 0.204 e. The molecule has 6 heteroatoms. The molecular formula is C20H22ClN5. The summed E-state index contributed by atoms with van der Waals surface area (Å²) in [6.45, 7) is 2.21. The number of nitrogens with zero attached hydrogens (tertiary/aromatic N) is 3. The molecule has 4 rings (SSSR count). The lowest BCUT2D eigenvalue weighted by Gasteiger charge is -2.20. The van der Waals surface area contributed by atoms with Gasteiger partial charge in [0.15, 0.2) is 0 Å². The van der Waals surface area contributed by atoms with Crippen molar-refractivity contribution in [3.8, 4) is 11.4 Å². The number of halogens is 1. The average Bonchev–Trinajstić information content (AvgIpc) is 3.34. The van der Waals surface area contributed by atoms with Gasteiger partial charge in [-0.05, 0) is 60.6 Å². The van der Waals surface area contributed by atoms with E-state index >= 15 is 0 Å². The first-order valence-corrected chi connectivity index (χ1v) is 9.42. The van der Waals surface area contributed by atoms with Crippen molar-refractivity contribution in [2.45, 2.75) is 44.2 Å². The molecule has 1 aliphatic carbocycles. The molecule has 1 aliphatic rings. The Morgan fingerprint density at radius 1 is 1.15 bits per heavy atom. The Morgan fingerprint density at radius 2 is 2.00 bits per heavy atom. The fraction of sp³-hybridized carbons (Fsp3) is 0.350. The highest BCUT2D eigenvalue weighted by Gasteiger charge is 2.27. The predicted octanol–water partition coefficient (Wildman–Crippen LogP) is 4.51. The van der Waals surface area contributed by atoms with Crippen LogP contribution >= 0.6 is 11.6 Å². The molecule has 1 unspecified atom stereocenters. The van der Waals surface area contributed by atoms with Crippen molar-refractivity contribution >= 4 is 11.6 Å². The topological polar surface area (TPSA) is 66.5 Å². The molecule has 1 fully saturated rings. The number of H-pyrrole nitrogens is 1. The molecule has 0 radical (unpaired) electrons. The van der Waals surface area contributed by atoms with E-state index in [4.69, 9.17) is 11.6 Å². The summed E-state index contributed by atoms with van der Waals surface area (Å²) in [6.07, 6.45) is 3.57. The number of nitrogens with one attached hydrogen (secondary N) is 2. The van der Waals surface area contributed by atoms with Crippen molar-refractivity contribution in [3.05, 3.63) is 64.7 Å². The van der Waals surface area contributed by atoms with Crippen molar-refractivity contribution in [3.63, 3.8) is 0 Å². The van der Waals surface area contributed by atoms with Gasteiger partial charge in [0.1, 0.15) is 0 Å². The third kappa shape index (κ3) is 3.79. The Morgan fingerprint density at radius 3 is 2.73 bits per heavy atom. The van der Waals surface area contributed by atoms with Crippen molar-refractivity contribution < 1.29 is 0 Å². The van der Waals surface area contributed by atoms with Gasteiger partial charge in [-0.15, -0.1) is 10.2 Å². The summed E-state index contributed by atoms with van der Waals surface area (Å²) in [4.78, 5) is 0. The van der Waals surface area contributed by atoms with Gasteiger partial charge in [-0.25, -0.2) is 0 Å². The minimum Gasteiger partial charge on any atom is -0.307 e. The molecular weight excluding hydrogens is 346 g/mol. The van der Waals surface area contributed by atoms with Gasteiger partial charge in [0, 0.05) is 22.7 Å². The van der Waals surface area contributed by atoms with Crippen molar-refractivity contribution in [1.29, 1.82) is 0 Å². The second-order valence-corrected chi connectivity index (χ2v) is 7.44. The van der Waals surface area contributed by atoms with E-state index < -0.39 is 0 Å². The maximum atomic E-state index is 6.12. The van der Waals surface area contributed by atoms with Crippen LogP contribution in [0.2, 0.25) is 5.02 Å². The number of tetrazole rings is 1. The van der Waals surface area contributed by atoms with E-state index in [1.165, 1.54) is 24.0 Å². The number of hydrogen-bond donors (Lipinski definition) is 2. The van der Waals surface area contributed by atoms with E-state index in [1.54, 1.807) is 0 Å². The quantitative estimate of drug-likeness (QED) is 0.696. The fourth-order valence-corrected chi connectivity index (χ4v) is 4.05. The SMILES string of the molecule is C[C@@H](N[C@H]1CCC(c2ccc(-c3nn[nH]n3)cc2)C1)c1cccc(Cl)c1. The molecule has 0 bridgehead atoms. The summed E-state index contributed by atoms with van der Waals surface area (Å²) < 4.78 is 0. The van der Waals surface area contributed by atoms with Crippen LogP contribution in [0.15, 0.2) is 48.5 Å². The van der Waals surface area contributed by atoms with Crippen LogP contribution in [0.25, 0.3) is 11.4 Å². The third-order valence-corrected chi connectivity index (χ3v) is 5.49. The average molecular weight is 368 g/mol. The molecule has 3 aromatic rings. The van der Waals surface area contributed by atoms with E-state index in [2.05, 4.69) is 63.2 Å². The second-order valence-electron chi connectivity index (χ2n) is 7.01. The maximum absolute atomic E-state index is 6.12. The van der Waals surface area contributed by atoms with E-state index in [9.17, 15) is 0 Å². The van der Waals surface area contributed by atoms with Gasteiger partial charge >= 0.3 is 0 Å². The van der Waals surface area contributed by atoms with Gasteiger partial charge in [0.2, 0.25) is 5.82 Å². The van der Waals surface area contributed by atoms with Crippen LogP contribution in [0.4, 0.5) is 0 Å². The summed E-state index contributed by atoms with van der Waals surface area (Å²) in [5, 5.41) is 18.7. The monoisotopic (exact) mass is 367 g/mol. The molecule has 1 saturated carbocycles. The zero-order chi connectivity index (χ0) is 17.9. The summed E-state index contributed by atoms with van der Waals surface area (Å²) in [6, 6.07) is 17.5. The van der Waals surface area contributed by atoms with Gasteiger partial charge in [-0.3, -0.25) is 0 Å². The first-order valence-electron chi connectivity index (χ1n) is 9.04. The summed E-state index contributed by atoms with van der Waals surface area (Å²) in [5.74, 6) is 1.23. The van der Waals surface area contributed by atoms with Crippen LogP contribution in [0.5, 0.6) is 0 Å². The lowest BCUT2D eigenvalue weighted by atomic mass is 9.96. The molecule has 134 valence electrons. The largest absolute Gasteiger partial charge is 0.307 e. The van der Waals surface area contributed by atoms with E-state index in [0.29, 0.717) is 23.8 Å². The van der Waals surface area contributed by atoms with Crippen LogP contribution < -0.4 is 5.32 Å². The molecule has 3 atom stereocenters. The van der Waals surface area contributed by atoms with Crippen molar-refractivity contribution in [1.82, 2.24) is 25.9 Å². The molecule has 1 heterocycles. The van der Waals surface area contributed by atoms with Crippen LogP contribution in [0.3, 0.4) is 0 Å². The molecule has 5 nitrogen and oxygen atoms in total. The Hall–Kier alpha value is -2.24. The van der Waals surface area contributed by atoms with Crippen molar-refractivity contribution in [2.75, 3.05) is 0 Å². The standard InChI is InChI=1S/C20H22ClN5/c1-13(16-3-2-4-18(21)11-16)22-19-10-9-17(12-19)14-5-7-15(8-6-14)20-23-25-26-24-20/h2-8,11,13,17,19,22H,9-10,12H2,1H3,(H,23,24,25,26)/t13-,17?,19+/m1/s1. The Kier molecular flexibility index (Phi) is 5.00. The lowest BCUT2D eigenvalue weighted by molar-refractivity contribution is 0.457. The van der Waals surface area contributed by atoms with E-state index in [0.717, 1.165) is 17.0 Å². The first kappa shape index (κ1) is 17.2. The second kappa shape index (κ2) is 7.56. The summed E-state index contributed by atoms with van der Waals surface area (Å²) in [7, 11) is 0. The first-order chi connectivity index (χ1) is 12.7. The Balaban J connectivity index is 1.37. The van der Waals surface area contributed by atoms with Gasteiger partial charge in [-0.2, -0.15) is 5.21 Å². The molecule has 0 amide bonds. The zero-order valence-electron chi connectivity index (χ0n) is 14.7. The highest BCUT2D eigenvalue weighted by molar-refractivity contribution is 6.30. The zero-order valence-corrected chi connectivity index (χ0v) is 15.4. The highest BCUT2D eigenvalue weighted by atomic mass is 35.5. The van der Waals surface area contributed by atoms with Crippen LogP contribution in [-0.4, -0.2) is 26.7 Å². The van der Waals surface area contributed by atoms with Crippen LogP contribution in [-0.2, 0) is 0 Å². The number of hydrogen-bond acceptors (Lipinski definition) is 4. The minimum atomic E-state index is 0.304. The fourth-order valence-electron chi connectivity index (χ4n) is 3.85. The summed E-state index contributed by atoms with van der Waals surface area (Å²) >= 11 is 6.12. The van der Waals surface area contributed by atoms with Crippen LogP contribution in [0, 0.1) is 0 Å². The molecule has 0 spiro atoms. The Bertz CT molecular complexity index is 847. The molecule has 0 saturated heterocycles. The minimum absolute atomic E-state index is 0.304. The lowest BCUT2D eigenvalue weighted by Crippen LogP contribution is -2.29. The molecule has 26 heavy (non-hydrogen) atoms. The molecule has 2 N–H and O–H groups in total. The number of aromatic nitrogens is 4. The normalized spacial score (nSPS) is 21.0. The smallest absolute Gasteiger partial charge is 0.204 e. The van der Waals surface area contributed by atoms with E-state index in [-0.39, 0.29) is 0 Å². The van der Waals surface area contributed by atoms with Gasteiger partial charge in [-0.1, -0.05) is 48.0 Å². The van der Waals surface area contributed by atoms with Gasteiger partial charge < -0.3 is 5.32 Å². The van der Waals surface area contributed by atoms with Gasteiger partial charge in [0.25, 0.3) is 0 Å². The predicted molar refractivity (Wildman–Crippen MR) is 103 cm³/mol. The molecule has 2 aromatic carbocycles. The number of rotatable bonds is 5. The number of aromatic amines is 1. The van der Waals surface area contributed by atoms with E-state index in [1.807, 2.05) is 18.2 Å². The Labute approximate surface area is 158 Å². The summed E-state index contributed by atoms with van der Waals surface area (Å²) in [5.41, 5.74) is 3.62.